The molecule has 7 heteroatoms. The Hall–Kier alpha value is -4.13. The van der Waals surface area contributed by atoms with Crippen LogP contribution in [0.25, 0.3) is 0 Å². The van der Waals surface area contributed by atoms with Gasteiger partial charge in [-0.15, -0.1) is 0 Å². The fraction of sp³-hybridized carbons (Fsp3) is 0.250. The summed E-state index contributed by atoms with van der Waals surface area (Å²) in [6.45, 7) is 0.0591. The Morgan fingerprint density at radius 3 is 1.83 bits per heavy atom. The van der Waals surface area contributed by atoms with E-state index in [0.29, 0.717) is 12.8 Å². The number of carbonyl (C=O) groups excluding carboxylic acids is 2. The van der Waals surface area contributed by atoms with Crippen molar-refractivity contribution in [2.45, 2.75) is 44.4 Å². The molecule has 0 saturated carbocycles. The molecule has 7 nitrogen and oxygen atoms in total. The zero-order valence-corrected chi connectivity index (χ0v) is 19.4. The van der Waals surface area contributed by atoms with E-state index in [0.717, 1.165) is 16.7 Å². The van der Waals surface area contributed by atoms with Gasteiger partial charge >= 0.3 is 12.1 Å². The molecule has 3 rings (SSSR count). The van der Waals surface area contributed by atoms with E-state index in [1.807, 2.05) is 91.0 Å². The fourth-order valence-electron chi connectivity index (χ4n) is 3.65. The normalized spacial score (nSPS) is 12.2. The first-order chi connectivity index (χ1) is 17.0. The van der Waals surface area contributed by atoms with E-state index in [1.165, 1.54) is 0 Å². The number of carboxylic acids is 1. The number of aliphatic carboxylic acids is 1. The van der Waals surface area contributed by atoms with Crippen LogP contribution < -0.4 is 10.6 Å². The second-order valence-electron chi connectivity index (χ2n) is 8.23. The summed E-state index contributed by atoms with van der Waals surface area (Å²) in [5.74, 6) is -1.69. The molecule has 3 aromatic carbocycles. The molecule has 0 unspecified atom stereocenters. The average Bonchev–Trinajstić information content (AvgIpc) is 2.88. The van der Waals surface area contributed by atoms with E-state index in [2.05, 4.69) is 10.6 Å². The highest BCUT2D eigenvalue weighted by Crippen LogP contribution is 2.09. The van der Waals surface area contributed by atoms with Crippen LogP contribution in [0.4, 0.5) is 4.79 Å². The second kappa shape index (κ2) is 13.5. The summed E-state index contributed by atoms with van der Waals surface area (Å²) >= 11 is 0. The van der Waals surface area contributed by atoms with Crippen LogP contribution in [0.5, 0.6) is 0 Å². The minimum absolute atomic E-state index is 0.0591. The van der Waals surface area contributed by atoms with Gasteiger partial charge in [0.05, 0.1) is 0 Å². The number of hydrogen-bond donors (Lipinski definition) is 3. The molecule has 0 bridgehead atoms. The minimum Gasteiger partial charge on any atom is -0.480 e. The number of hydrogen-bond acceptors (Lipinski definition) is 4. The van der Waals surface area contributed by atoms with Gasteiger partial charge in [-0.1, -0.05) is 91.0 Å². The molecule has 0 fully saturated rings. The van der Waals surface area contributed by atoms with Crippen molar-refractivity contribution in [3.8, 4) is 0 Å². The highest BCUT2D eigenvalue weighted by Gasteiger charge is 2.27. The second-order valence-corrected chi connectivity index (χ2v) is 8.23. The lowest BCUT2D eigenvalue weighted by Crippen LogP contribution is -2.52. The lowest BCUT2D eigenvalue weighted by Gasteiger charge is -2.21. The number of carboxylic acid groups (broad SMARTS) is 1. The van der Waals surface area contributed by atoms with Crippen molar-refractivity contribution >= 4 is 18.0 Å². The highest BCUT2D eigenvalue weighted by molar-refractivity contribution is 5.89. The number of aryl methyl sites for hydroxylation is 1. The maximum atomic E-state index is 13.1. The number of rotatable bonds is 12. The SMILES string of the molecule is O=C(N[C@@H](Cc1ccccc1)C(=O)N[C@@H](CCCc1ccccc1)C(=O)O)OCc1ccccc1. The Bertz CT molecular complexity index is 1070. The van der Waals surface area contributed by atoms with Gasteiger partial charge < -0.3 is 20.5 Å². The number of carbonyl (C=O) groups is 3. The number of amides is 2. The first-order valence-corrected chi connectivity index (χ1v) is 11.6. The van der Waals surface area contributed by atoms with Gasteiger partial charge in [0.15, 0.2) is 0 Å². The summed E-state index contributed by atoms with van der Waals surface area (Å²) in [5.41, 5.74) is 2.75. The third-order valence-corrected chi connectivity index (χ3v) is 5.52. The lowest BCUT2D eigenvalue weighted by atomic mass is 10.0. The van der Waals surface area contributed by atoms with Crippen LogP contribution in [0.1, 0.15) is 29.5 Å². The molecule has 35 heavy (non-hydrogen) atoms. The summed E-state index contributed by atoms with van der Waals surface area (Å²) in [7, 11) is 0. The largest absolute Gasteiger partial charge is 0.480 e. The summed E-state index contributed by atoms with van der Waals surface area (Å²) in [6, 6.07) is 26.1. The van der Waals surface area contributed by atoms with Crippen molar-refractivity contribution in [3.05, 3.63) is 108 Å². The quantitative estimate of drug-likeness (QED) is 0.366. The van der Waals surface area contributed by atoms with Crippen molar-refractivity contribution in [1.82, 2.24) is 10.6 Å². The molecule has 0 aromatic heterocycles. The van der Waals surface area contributed by atoms with Crippen LogP contribution in [0.15, 0.2) is 91.0 Å². The van der Waals surface area contributed by atoms with Gasteiger partial charge in [-0.25, -0.2) is 9.59 Å². The van der Waals surface area contributed by atoms with Gasteiger partial charge in [-0.3, -0.25) is 4.79 Å². The third kappa shape index (κ3) is 8.97. The Balaban J connectivity index is 1.61. The third-order valence-electron chi connectivity index (χ3n) is 5.52. The van der Waals surface area contributed by atoms with Crippen molar-refractivity contribution < 1.29 is 24.2 Å². The van der Waals surface area contributed by atoms with Crippen LogP contribution in [0.3, 0.4) is 0 Å². The Kier molecular flexibility index (Phi) is 9.87. The van der Waals surface area contributed by atoms with Gasteiger partial charge in [-0.2, -0.15) is 0 Å². The van der Waals surface area contributed by atoms with Crippen LogP contribution in [-0.4, -0.2) is 35.2 Å². The van der Waals surface area contributed by atoms with Crippen LogP contribution in [0, 0.1) is 0 Å². The predicted molar refractivity (Wildman–Crippen MR) is 133 cm³/mol. The summed E-state index contributed by atoms with van der Waals surface area (Å²) < 4.78 is 5.27. The van der Waals surface area contributed by atoms with Crippen LogP contribution in [-0.2, 0) is 33.8 Å². The predicted octanol–water partition coefficient (Wildman–Crippen LogP) is 4.12. The van der Waals surface area contributed by atoms with Crippen molar-refractivity contribution in [2.75, 3.05) is 0 Å². The van der Waals surface area contributed by atoms with E-state index in [-0.39, 0.29) is 19.4 Å². The molecule has 2 atom stereocenters. The monoisotopic (exact) mass is 474 g/mol. The Labute approximate surface area is 205 Å². The summed E-state index contributed by atoms with van der Waals surface area (Å²) in [6.07, 6.45) is 1.02. The maximum Gasteiger partial charge on any atom is 0.408 e. The zero-order valence-electron chi connectivity index (χ0n) is 19.4. The van der Waals surface area contributed by atoms with Gasteiger partial charge in [0.1, 0.15) is 18.7 Å². The molecule has 0 spiro atoms. The van der Waals surface area contributed by atoms with Gasteiger partial charge in [0.25, 0.3) is 0 Å². The molecule has 0 aliphatic rings. The first kappa shape index (κ1) is 25.5. The molecule has 182 valence electrons. The van der Waals surface area contributed by atoms with Crippen LogP contribution >= 0.6 is 0 Å². The zero-order chi connectivity index (χ0) is 24.9. The molecule has 3 aromatic rings. The number of alkyl carbamates (subject to hydrolysis) is 1. The van der Waals surface area contributed by atoms with Crippen molar-refractivity contribution in [1.29, 1.82) is 0 Å². The highest BCUT2D eigenvalue weighted by atomic mass is 16.5. The van der Waals surface area contributed by atoms with E-state index >= 15 is 0 Å². The Morgan fingerprint density at radius 2 is 1.26 bits per heavy atom. The molecule has 2 amide bonds. The van der Waals surface area contributed by atoms with Crippen LogP contribution in [0.2, 0.25) is 0 Å². The van der Waals surface area contributed by atoms with Crippen molar-refractivity contribution in [2.24, 2.45) is 0 Å². The molecule has 0 aliphatic carbocycles. The fourth-order valence-corrected chi connectivity index (χ4v) is 3.65. The molecule has 0 saturated heterocycles. The topological polar surface area (TPSA) is 105 Å². The molecular weight excluding hydrogens is 444 g/mol. The smallest absolute Gasteiger partial charge is 0.408 e. The van der Waals surface area contributed by atoms with Crippen molar-refractivity contribution in [3.63, 3.8) is 0 Å². The molecule has 0 aliphatic heterocycles. The first-order valence-electron chi connectivity index (χ1n) is 11.6. The molecule has 0 heterocycles. The lowest BCUT2D eigenvalue weighted by molar-refractivity contribution is -0.142. The summed E-state index contributed by atoms with van der Waals surface area (Å²) in [4.78, 5) is 37.3. The summed E-state index contributed by atoms with van der Waals surface area (Å²) in [5, 5.41) is 14.8. The molecular formula is C28H30N2O5. The molecule has 3 N–H and O–H groups in total. The van der Waals surface area contributed by atoms with E-state index in [4.69, 9.17) is 4.74 Å². The van der Waals surface area contributed by atoms with Gasteiger partial charge in [0, 0.05) is 6.42 Å². The van der Waals surface area contributed by atoms with E-state index in [9.17, 15) is 19.5 Å². The number of ether oxygens (including phenoxy) is 1. The number of nitrogens with one attached hydrogen (secondary N) is 2. The van der Waals surface area contributed by atoms with E-state index in [1.54, 1.807) is 0 Å². The Morgan fingerprint density at radius 1 is 0.714 bits per heavy atom. The molecule has 0 radical (unpaired) electrons. The average molecular weight is 475 g/mol. The number of benzene rings is 3. The maximum absolute atomic E-state index is 13.1. The van der Waals surface area contributed by atoms with Gasteiger partial charge in [-0.05, 0) is 36.0 Å². The van der Waals surface area contributed by atoms with E-state index < -0.39 is 30.1 Å². The standard InChI is InChI=1S/C28H30N2O5/c31-26(29-24(27(32)33)18-10-17-21-11-4-1-5-12-21)25(19-22-13-6-2-7-14-22)30-28(34)35-20-23-15-8-3-9-16-23/h1-9,11-16,24-25H,10,17-20H2,(H,29,31)(H,30,34)(H,32,33)/t24-,25-/m0/s1. The van der Waals surface area contributed by atoms with Gasteiger partial charge in [0.2, 0.25) is 5.91 Å². The minimum atomic E-state index is -1.11.